The number of hydrogen-bond acceptors (Lipinski definition) is 8. The van der Waals surface area contributed by atoms with E-state index < -0.39 is 9.84 Å². The van der Waals surface area contributed by atoms with Crippen molar-refractivity contribution in [3.8, 4) is 22.6 Å². The fraction of sp³-hybridized carbons (Fsp3) is 0.0345. The minimum absolute atomic E-state index is 0.199. The van der Waals surface area contributed by atoms with Gasteiger partial charge < -0.3 is 10.6 Å². The van der Waals surface area contributed by atoms with Gasteiger partial charge in [0.1, 0.15) is 5.69 Å². The van der Waals surface area contributed by atoms with Gasteiger partial charge in [0.25, 0.3) is 5.91 Å². The summed E-state index contributed by atoms with van der Waals surface area (Å²) in [4.78, 5) is 27.7. The number of carbonyl (C=O) groups is 1. The number of sulfone groups is 1. The molecule has 0 unspecified atom stereocenters. The van der Waals surface area contributed by atoms with E-state index in [1.54, 1.807) is 48.7 Å². The number of amides is 1. The lowest BCUT2D eigenvalue weighted by Gasteiger charge is -2.10. The topological polar surface area (TPSA) is 118 Å². The summed E-state index contributed by atoms with van der Waals surface area (Å²) in [5.41, 5.74) is 4.66. The van der Waals surface area contributed by atoms with E-state index in [0.29, 0.717) is 34.3 Å². The van der Waals surface area contributed by atoms with Crippen molar-refractivity contribution in [3.05, 3.63) is 108 Å². The highest BCUT2D eigenvalue weighted by atomic mass is 32.2. The summed E-state index contributed by atoms with van der Waals surface area (Å²) in [5.74, 6) is 0.110. The van der Waals surface area contributed by atoms with Crippen molar-refractivity contribution in [1.82, 2.24) is 19.4 Å². The van der Waals surface area contributed by atoms with Crippen LogP contribution in [0.1, 0.15) is 10.4 Å². The number of nitrogens with zero attached hydrogens (tertiary/aromatic N) is 4. The molecule has 1 amide bonds. The average molecular weight is 567 g/mol. The molecule has 0 spiro atoms. The Labute approximate surface area is 234 Å². The minimum atomic E-state index is -3.36. The third-order valence-corrected chi connectivity index (χ3v) is 7.98. The van der Waals surface area contributed by atoms with Crippen LogP contribution in [0.25, 0.3) is 27.6 Å². The molecule has 3 heterocycles. The average Bonchev–Trinajstić information content (AvgIpc) is 3.55. The van der Waals surface area contributed by atoms with E-state index in [-0.39, 0.29) is 10.8 Å². The Hall–Kier alpha value is -4.87. The van der Waals surface area contributed by atoms with Crippen LogP contribution in [0.2, 0.25) is 0 Å². The first-order valence-corrected chi connectivity index (χ1v) is 15.0. The van der Waals surface area contributed by atoms with Crippen LogP contribution in [0.3, 0.4) is 0 Å². The van der Waals surface area contributed by atoms with Crippen LogP contribution in [-0.2, 0) is 9.84 Å². The first kappa shape index (κ1) is 25.4. The Morgan fingerprint density at radius 3 is 2.52 bits per heavy atom. The van der Waals surface area contributed by atoms with Crippen LogP contribution >= 0.6 is 11.3 Å². The van der Waals surface area contributed by atoms with Crippen LogP contribution in [0.15, 0.2) is 108 Å². The molecule has 0 saturated heterocycles. The van der Waals surface area contributed by atoms with Gasteiger partial charge in [0, 0.05) is 46.5 Å². The molecule has 6 rings (SSSR count). The first-order chi connectivity index (χ1) is 19.3. The number of hydrogen-bond donors (Lipinski definition) is 2. The zero-order valence-electron chi connectivity index (χ0n) is 21.1. The van der Waals surface area contributed by atoms with Gasteiger partial charge in [0.15, 0.2) is 14.8 Å². The van der Waals surface area contributed by atoms with Gasteiger partial charge in [-0.2, -0.15) is 0 Å². The lowest BCUT2D eigenvalue weighted by atomic mass is 10.1. The number of thiazole rings is 1. The molecule has 2 N–H and O–H groups in total. The molecule has 0 fully saturated rings. The molecular weight excluding hydrogens is 544 g/mol. The molecule has 0 aliphatic heterocycles. The highest BCUT2D eigenvalue weighted by molar-refractivity contribution is 7.90. The molecule has 0 aliphatic carbocycles. The van der Waals surface area contributed by atoms with E-state index in [0.717, 1.165) is 16.2 Å². The highest BCUT2D eigenvalue weighted by Crippen LogP contribution is 2.35. The Morgan fingerprint density at radius 2 is 1.70 bits per heavy atom. The number of rotatable bonds is 7. The van der Waals surface area contributed by atoms with Gasteiger partial charge in [-0.25, -0.2) is 23.4 Å². The monoisotopic (exact) mass is 566 g/mol. The summed E-state index contributed by atoms with van der Waals surface area (Å²) in [6.07, 6.45) is 4.73. The Balaban J connectivity index is 1.36. The van der Waals surface area contributed by atoms with Crippen LogP contribution in [0.5, 0.6) is 0 Å². The standard InChI is InChI=1S/C29H22N6O3S2/c1-40(37,38)23-12-6-11-22(18-23)32-28-30-14-13-24(33-28)26-25(34-29-35(26)15-16-39-29)20-9-5-10-21(17-20)31-27(36)19-7-3-2-4-8-19/h2-18H,1H3,(H,31,36)(H,30,32,33). The zero-order valence-corrected chi connectivity index (χ0v) is 22.8. The van der Waals surface area contributed by atoms with Crippen LogP contribution < -0.4 is 10.6 Å². The second-order valence-electron chi connectivity index (χ2n) is 8.96. The van der Waals surface area contributed by atoms with Crippen molar-refractivity contribution in [1.29, 1.82) is 0 Å². The summed E-state index contributed by atoms with van der Waals surface area (Å²) in [7, 11) is -3.36. The fourth-order valence-electron chi connectivity index (χ4n) is 4.25. The summed E-state index contributed by atoms with van der Waals surface area (Å²) < 4.78 is 25.9. The minimum Gasteiger partial charge on any atom is -0.324 e. The molecule has 198 valence electrons. The number of benzene rings is 3. The molecule has 3 aromatic heterocycles. The molecule has 6 aromatic rings. The van der Waals surface area contributed by atoms with Gasteiger partial charge in [-0.1, -0.05) is 36.4 Å². The van der Waals surface area contributed by atoms with Crippen molar-refractivity contribution >= 4 is 49.4 Å². The van der Waals surface area contributed by atoms with Crippen molar-refractivity contribution in [2.75, 3.05) is 16.9 Å². The van der Waals surface area contributed by atoms with Gasteiger partial charge >= 0.3 is 0 Å². The SMILES string of the molecule is CS(=O)(=O)c1cccc(Nc2nccc(-c3c(-c4cccc(NC(=O)c5ccccc5)c4)nc4sccn34)n2)c1. The number of nitrogens with one attached hydrogen (secondary N) is 2. The maximum atomic E-state index is 12.7. The lowest BCUT2D eigenvalue weighted by molar-refractivity contribution is 0.102. The molecule has 9 nitrogen and oxygen atoms in total. The predicted octanol–water partition coefficient (Wildman–Crippen LogP) is 5.92. The Kier molecular flexibility index (Phi) is 6.58. The van der Waals surface area contributed by atoms with Gasteiger partial charge in [-0.3, -0.25) is 9.20 Å². The van der Waals surface area contributed by atoms with Crippen molar-refractivity contribution in [2.24, 2.45) is 0 Å². The highest BCUT2D eigenvalue weighted by Gasteiger charge is 2.19. The Bertz CT molecular complexity index is 1970. The summed E-state index contributed by atoms with van der Waals surface area (Å²) in [6, 6.07) is 24.9. The van der Waals surface area contributed by atoms with Crippen molar-refractivity contribution < 1.29 is 13.2 Å². The van der Waals surface area contributed by atoms with Crippen LogP contribution in [0.4, 0.5) is 17.3 Å². The summed E-state index contributed by atoms with van der Waals surface area (Å²) in [5, 5.41) is 8.01. The van der Waals surface area contributed by atoms with E-state index >= 15 is 0 Å². The second-order valence-corrected chi connectivity index (χ2v) is 11.8. The van der Waals surface area contributed by atoms with E-state index in [9.17, 15) is 13.2 Å². The molecule has 0 radical (unpaired) electrons. The second kappa shape index (κ2) is 10.4. The van der Waals surface area contributed by atoms with E-state index in [1.165, 1.54) is 17.6 Å². The number of imidazole rings is 1. The van der Waals surface area contributed by atoms with Gasteiger partial charge in [-0.15, -0.1) is 11.3 Å². The van der Waals surface area contributed by atoms with Gasteiger partial charge in [0.05, 0.1) is 16.3 Å². The fourth-order valence-corrected chi connectivity index (χ4v) is 5.63. The predicted molar refractivity (Wildman–Crippen MR) is 157 cm³/mol. The number of aromatic nitrogens is 4. The maximum Gasteiger partial charge on any atom is 0.255 e. The smallest absolute Gasteiger partial charge is 0.255 e. The first-order valence-electron chi connectivity index (χ1n) is 12.2. The van der Waals surface area contributed by atoms with E-state index in [4.69, 9.17) is 9.97 Å². The number of fused-ring (bicyclic) bond motifs is 1. The largest absolute Gasteiger partial charge is 0.324 e. The summed E-state index contributed by atoms with van der Waals surface area (Å²) >= 11 is 1.50. The zero-order chi connectivity index (χ0) is 27.7. The molecule has 0 bridgehead atoms. The normalized spacial score (nSPS) is 11.4. The third-order valence-electron chi connectivity index (χ3n) is 6.11. The van der Waals surface area contributed by atoms with E-state index in [2.05, 4.69) is 15.6 Å². The third kappa shape index (κ3) is 5.20. The van der Waals surface area contributed by atoms with Crippen LogP contribution in [-0.4, -0.2) is 39.9 Å². The lowest BCUT2D eigenvalue weighted by Crippen LogP contribution is -2.11. The maximum absolute atomic E-state index is 12.7. The molecule has 0 atom stereocenters. The molecule has 40 heavy (non-hydrogen) atoms. The quantitative estimate of drug-likeness (QED) is 0.246. The molecule has 3 aromatic carbocycles. The molecular formula is C29H22N6O3S2. The number of anilines is 3. The molecule has 11 heteroatoms. The van der Waals surface area contributed by atoms with Crippen LogP contribution in [0, 0.1) is 0 Å². The summed E-state index contributed by atoms with van der Waals surface area (Å²) in [6.45, 7) is 0. The van der Waals surface area contributed by atoms with Crippen molar-refractivity contribution in [2.45, 2.75) is 4.90 Å². The molecule has 0 aliphatic rings. The van der Waals surface area contributed by atoms with Gasteiger partial charge in [0.2, 0.25) is 5.95 Å². The molecule has 0 saturated carbocycles. The van der Waals surface area contributed by atoms with Crippen molar-refractivity contribution in [3.63, 3.8) is 0 Å². The van der Waals surface area contributed by atoms with E-state index in [1.807, 2.05) is 58.4 Å². The van der Waals surface area contributed by atoms with Gasteiger partial charge in [-0.05, 0) is 48.5 Å². The Morgan fingerprint density at radius 1 is 0.900 bits per heavy atom. The number of carbonyl (C=O) groups excluding carboxylic acids is 1.